The van der Waals surface area contributed by atoms with Gasteiger partial charge >= 0.3 is 6.18 Å². The van der Waals surface area contributed by atoms with Crippen molar-refractivity contribution in [3.8, 4) is 5.75 Å². The van der Waals surface area contributed by atoms with E-state index in [2.05, 4.69) is 20.2 Å². The molecule has 0 radical (unpaired) electrons. The number of hydrogen-bond donors (Lipinski definition) is 1. The first-order valence-electron chi connectivity index (χ1n) is 9.91. The summed E-state index contributed by atoms with van der Waals surface area (Å²) in [7, 11) is 0. The first-order valence-corrected chi connectivity index (χ1v) is 9.91. The smallest absolute Gasteiger partial charge is 0.416 e. The van der Waals surface area contributed by atoms with E-state index in [1.54, 1.807) is 11.0 Å². The van der Waals surface area contributed by atoms with Crippen LogP contribution >= 0.6 is 0 Å². The summed E-state index contributed by atoms with van der Waals surface area (Å²) in [5.41, 5.74) is 0.889. The Balaban J connectivity index is 1.32. The molecule has 1 amide bonds. The molecule has 1 aromatic carbocycles. The average molecular weight is 447 g/mol. The maximum Gasteiger partial charge on any atom is 0.416 e. The number of morpholine rings is 1. The first kappa shape index (κ1) is 21.8. The van der Waals surface area contributed by atoms with Gasteiger partial charge in [0.2, 0.25) is 0 Å². The van der Waals surface area contributed by atoms with Crippen molar-refractivity contribution < 1.29 is 27.4 Å². The summed E-state index contributed by atoms with van der Waals surface area (Å²) in [6, 6.07) is 6.55. The van der Waals surface area contributed by atoms with Crippen molar-refractivity contribution in [3.05, 3.63) is 71.6 Å². The molecule has 1 aliphatic rings. The van der Waals surface area contributed by atoms with Gasteiger partial charge in [0, 0.05) is 31.1 Å². The molecule has 0 saturated carbocycles. The van der Waals surface area contributed by atoms with Gasteiger partial charge in [0.1, 0.15) is 17.5 Å². The quantitative estimate of drug-likeness (QED) is 0.625. The summed E-state index contributed by atoms with van der Waals surface area (Å²) in [5, 5.41) is 7.14. The monoisotopic (exact) mass is 447 g/mol. The number of rotatable bonds is 6. The molecule has 3 heterocycles. The molecule has 8 nitrogen and oxygen atoms in total. The van der Waals surface area contributed by atoms with E-state index in [9.17, 15) is 18.0 Å². The normalized spacial score (nSPS) is 16.7. The number of halogens is 3. The Kier molecular flexibility index (Phi) is 6.35. The second-order valence-corrected chi connectivity index (χ2v) is 7.14. The van der Waals surface area contributed by atoms with Gasteiger partial charge in [-0.2, -0.15) is 18.3 Å². The Morgan fingerprint density at radius 3 is 2.94 bits per heavy atom. The second-order valence-electron chi connectivity index (χ2n) is 7.14. The zero-order chi connectivity index (χ0) is 22.6. The van der Waals surface area contributed by atoms with Gasteiger partial charge < -0.3 is 14.4 Å². The molecule has 3 aromatic rings. The van der Waals surface area contributed by atoms with E-state index >= 15 is 0 Å². The first-order chi connectivity index (χ1) is 15.4. The summed E-state index contributed by atoms with van der Waals surface area (Å²) in [6.45, 7) is 1.29. The second kappa shape index (κ2) is 9.35. The molecule has 32 heavy (non-hydrogen) atoms. The van der Waals surface area contributed by atoms with Crippen LogP contribution in [0.5, 0.6) is 5.75 Å². The van der Waals surface area contributed by atoms with Gasteiger partial charge in [-0.15, -0.1) is 0 Å². The van der Waals surface area contributed by atoms with Gasteiger partial charge in [0.25, 0.3) is 5.91 Å². The molecule has 168 valence electrons. The van der Waals surface area contributed by atoms with Gasteiger partial charge in [0.15, 0.2) is 0 Å². The number of aromatic amines is 1. The minimum Gasteiger partial charge on any atom is -0.493 e. The number of aromatic nitrogens is 4. The van der Waals surface area contributed by atoms with E-state index in [4.69, 9.17) is 9.47 Å². The van der Waals surface area contributed by atoms with Gasteiger partial charge in [-0.25, -0.2) is 4.98 Å². The Morgan fingerprint density at radius 1 is 1.28 bits per heavy atom. The Hall–Kier alpha value is -3.47. The lowest BCUT2D eigenvalue weighted by atomic mass is 10.1. The number of amides is 1. The van der Waals surface area contributed by atoms with Crippen LogP contribution in [0.15, 0.2) is 48.9 Å². The van der Waals surface area contributed by atoms with Crippen LogP contribution in [-0.4, -0.2) is 57.3 Å². The predicted octanol–water partition coefficient (Wildman–Crippen LogP) is 3.05. The summed E-state index contributed by atoms with van der Waals surface area (Å²) in [5.74, 6) is -0.0787. The zero-order valence-corrected chi connectivity index (χ0v) is 16.9. The van der Waals surface area contributed by atoms with Crippen LogP contribution < -0.4 is 4.74 Å². The minimum atomic E-state index is -4.42. The third-order valence-electron chi connectivity index (χ3n) is 4.92. The number of nitrogens with zero attached hydrogens (tertiary/aromatic N) is 4. The summed E-state index contributed by atoms with van der Waals surface area (Å²) in [6.07, 6.45) is -0.0194. The van der Waals surface area contributed by atoms with Crippen LogP contribution in [0.25, 0.3) is 0 Å². The highest BCUT2D eigenvalue weighted by Crippen LogP contribution is 2.31. The van der Waals surface area contributed by atoms with E-state index in [1.165, 1.54) is 30.7 Å². The predicted molar refractivity (Wildman–Crippen MR) is 106 cm³/mol. The molecule has 11 heteroatoms. The van der Waals surface area contributed by atoms with Crippen LogP contribution in [0.3, 0.4) is 0 Å². The zero-order valence-electron chi connectivity index (χ0n) is 16.9. The fraction of sp³-hybridized carbons (Fsp3) is 0.333. The van der Waals surface area contributed by atoms with Crippen molar-refractivity contribution in [1.82, 2.24) is 25.1 Å². The Bertz CT molecular complexity index is 1060. The maximum atomic E-state index is 12.8. The molecule has 1 fully saturated rings. The summed E-state index contributed by atoms with van der Waals surface area (Å²) in [4.78, 5) is 22.2. The van der Waals surface area contributed by atoms with Crippen LogP contribution in [-0.2, 0) is 17.3 Å². The van der Waals surface area contributed by atoms with E-state index in [-0.39, 0.29) is 24.0 Å². The van der Waals surface area contributed by atoms with E-state index in [0.29, 0.717) is 31.8 Å². The number of carbonyl (C=O) groups is 1. The Morgan fingerprint density at radius 2 is 2.16 bits per heavy atom. The molecule has 1 atom stereocenters. The van der Waals surface area contributed by atoms with Crippen LogP contribution in [0.4, 0.5) is 13.2 Å². The average Bonchev–Trinajstić information content (AvgIpc) is 3.28. The van der Waals surface area contributed by atoms with Crippen molar-refractivity contribution in [1.29, 1.82) is 0 Å². The topological polar surface area (TPSA) is 93.2 Å². The molecule has 0 bridgehead atoms. The molecule has 4 rings (SSSR count). The number of H-pyrrole nitrogens is 1. The van der Waals surface area contributed by atoms with E-state index in [1.807, 2.05) is 0 Å². The fourth-order valence-corrected chi connectivity index (χ4v) is 3.30. The lowest BCUT2D eigenvalue weighted by Crippen LogP contribution is -2.42. The fourth-order valence-electron chi connectivity index (χ4n) is 3.30. The molecule has 1 saturated heterocycles. The Labute approximate surface area is 181 Å². The minimum absolute atomic E-state index is 0.147. The van der Waals surface area contributed by atoms with Crippen LogP contribution in [0, 0.1) is 0 Å². The lowest BCUT2D eigenvalue weighted by molar-refractivity contribution is -0.137. The summed E-state index contributed by atoms with van der Waals surface area (Å²) < 4.78 is 49.6. The number of alkyl halides is 3. The highest BCUT2D eigenvalue weighted by Gasteiger charge is 2.31. The van der Waals surface area contributed by atoms with Crippen molar-refractivity contribution in [2.45, 2.75) is 18.7 Å². The third kappa shape index (κ3) is 5.22. The van der Waals surface area contributed by atoms with Gasteiger partial charge in [0.05, 0.1) is 37.2 Å². The molecule has 1 aliphatic heterocycles. The van der Waals surface area contributed by atoms with Crippen molar-refractivity contribution in [3.63, 3.8) is 0 Å². The maximum absolute atomic E-state index is 12.8. The number of hydrogen-bond acceptors (Lipinski definition) is 6. The SMILES string of the molecule is O=C(c1cnccn1)N1CCO[C@@H](c2cc(CCOc3cccc(C(F)(F)F)c3)[nH]n2)C1. The van der Waals surface area contributed by atoms with E-state index in [0.717, 1.165) is 17.8 Å². The van der Waals surface area contributed by atoms with Crippen LogP contribution in [0.2, 0.25) is 0 Å². The van der Waals surface area contributed by atoms with Crippen molar-refractivity contribution in [2.24, 2.45) is 0 Å². The highest BCUT2D eigenvalue weighted by molar-refractivity contribution is 5.92. The molecular formula is C21H20F3N5O3. The molecular weight excluding hydrogens is 427 g/mol. The molecule has 0 unspecified atom stereocenters. The van der Waals surface area contributed by atoms with Crippen LogP contribution in [0.1, 0.15) is 33.5 Å². The van der Waals surface area contributed by atoms with E-state index < -0.39 is 17.8 Å². The van der Waals surface area contributed by atoms with Gasteiger partial charge in [-0.1, -0.05) is 6.07 Å². The van der Waals surface area contributed by atoms with Gasteiger partial charge in [-0.05, 0) is 24.3 Å². The molecule has 1 N–H and O–H groups in total. The third-order valence-corrected chi connectivity index (χ3v) is 4.92. The highest BCUT2D eigenvalue weighted by atomic mass is 19.4. The number of ether oxygens (including phenoxy) is 2. The number of nitrogens with one attached hydrogen (secondary N) is 1. The van der Waals surface area contributed by atoms with Crippen molar-refractivity contribution in [2.75, 3.05) is 26.3 Å². The number of carbonyl (C=O) groups excluding carboxylic acids is 1. The largest absolute Gasteiger partial charge is 0.493 e. The molecule has 0 spiro atoms. The molecule has 2 aromatic heterocycles. The number of benzene rings is 1. The molecule has 0 aliphatic carbocycles. The standard InChI is InChI=1S/C21H20F3N5O3/c22-21(23,24)14-2-1-3-16(10-14)31-8-4-15-11-17(28-27-15)19-13-29(7-9-32-19)20(30)18-12-25-5-6-26-18/h1-3,5-6,10-12,19H,4,7-9,13H2,(H,27,28)/t19-/m1/s1. The van der Waals surface area contributed by atoms with Crippen molar-refractivity contribution >= 4 is 5.91 Å². The van der Waals surface area contributed by atoms with Gasteiger partial charge in [-0.3, -0.25) is 14.9 Å². The lowest BCUT2D eigenvalue weighted by Gasteiger charge is -2.31. The summed E-state index contributed by atoms with van der Waals surface area (Å²) >= 11 is 0.